The van der Waals surface area contributed by atoms with E-state index in [2.05, 4.69) is 161 Å². The molecule has 0 fully saturated rings. The summed E-state index contributed by atoms with van der Waals surface area (Å²) in [5.74, 6) is -2.37. The Hall–Kier alpha value is -5.32. The topological polar surface area (TPSA) is 237 Å². The Morgan fingerprint density at radius 1 is 0.278 bits per heavy atom. The molecular formula is C89H148O17P2. The zero-order valence-corrected chi connectivity index (χ0v) is 69.3. The molecule has 19 heteroatoms. The third kappa shape index (κ3) is 78.8. The molecule has 3 N–H and O–H groups in total. The molecule has 0 saturated carbocycles. The number of rotatable bonds is 77. The molecule has 0 rings (SSSR count). The van der Waals surface area contributed by atoms with Crippen molar-refractivity contribution in [2.45, 2.75) is 341 Å². The first-order valence-electron chi connectivity index (χ1n) is 41.7. The summed E-state index contributed by atoms with van der Waals surface area (Å²) in [6.45, 7) is 4.48. The number of carbonyl (C=O) groups excluding carboxylic acids is 4. The Bertz CT molecular complexity index is 2660. The number of phosphoric acid groups is 2. The summed E-state index contributed by atoms with van der Waals surface area (Å²) in [7, 11) is -10.0. The molecule has 5 unspecified atom stereocenters. The highest BCUT2D eigenvalue weighted by Gasteiger charge is 2.30. The summed E-state index contributed by atoms with van der Waals surface area (Å²) in [5, 5.41) is 10.7. The zero-order chi connectivity index (χ0) is 78.9. The van der Waals surface area contributed by atoms with Crippen LogP contribution in [-0.4, -0.2) is 96.7 Å². The van der Waals surface area contributed by atoms with Gasteiger partial charge in [-0.1, -0.05) is 321 Å². The average molecular weight is 1550 g/mol. The van der Waals surface area contributed by atoms with Gasteiger partial charge in [-0.3, -0.25) is 37.3 Å². The lowest BCUT2D eigenvalue weighted by Crippen LogP contribution is -2.30. The van der Waals surface area contributed by atoms with Crippen molar-refractivity contribution in [1.29, 1.82) is 0 Å². The molecule has 5 atom stereocenters. The van der Waals surface area contributed by atoms with Crippen molar-refractivity contribution in [3.05, 3.63) is 158 Å². The molecular weight excluding hydrogens is 1400 g/mol. The van der Waals surface area contributed by atoms with Gasteiger partial charge in [-0.2, -0.15) is 0 Å². The monoisotopic (exact) mass is 1550 g/mol. The first kappa shape index (κ1) is 103. The molecule has 17 nitrogen and oxygen atoms in total. The summed E-state index contributed by atoms with van der Waals surface area (Å²) in [6, 6.07) is 0. The second-order valence-electron chi connectivity index (χ2n) is 27.3. The van der Waals surface area contributed by atoms with E-state index in [1.807, 2.05) is 12.2 Å². The molecule has 0 heterocycles. The molecule has 0 aromatic rings. The van der Waals surface area contributed by atoms with E-state index in [1.165, 1.54) is 83.5 Å². The highest BCUT2D eigenvalue weighted by Crippen LogP contribution is 2.45. The van der Waals surface area contributed by atoms with Crippen LogP contribution in [0.25, 0.3) is 0 Å². The Morgan fingerprint density at radius 2 is 0.519 bits per heavy atom. The Labute approximate surface area is 655 Å². The van der Waals surface area contributed by atoms with Crippen molar-refractivity contribution < 1.29 is 80.2 Å². The predicted molar refractivity (Wildman–Crippen MR) is 445 cm³/mol. The van der Waals surface area contributed by atoms with Gasteiger partial charge in [-0.05, 0) is 135 Å². The van der Waals surface area contributed by atoms with Crippen molar-refractivity contribution in [2.24, 2.45) is 0 Å². The third-order valence-electron chi connectivity index (χ3n) is 17.0. The van der Waals surface area contributed by atoms with Gasteiger partial charge < -0.3 is 33.8 Å². The van der Waals surface area contributed by atoms with Gasteiger partial charge in [0.05, 0.1) is 32.8 Å². The SMILES string of the molecule is CC/C=C\C/C=C\C/C=C\C/C=C\C/C=C\CCCCCC(=O)OCC(COP(=O)(O)OCC(O)COP(=O)(O)OCC(COC(=O)CCCCCCCC/C=C\C/C=C\C/C=C\CCCCC)OC(=O)CCCCCCCCCCCCCCCCC)OC(=O)C/C=C\C/C=C\C/C=C\C/C=C\C/C=C\CC. The van der Waals surface area contributed by atoms with Crippen molar-refractivity contribution in [3.63, 3.8) is 0 Å². The molecule has 0 aromatic heterocycles. The van der Waals surface area contributed by atoms with Crippen LogP contribution in [0.2, 0.25) is 0 Å². The van der Waals surface area contributed by atoms with Crippen molar-refractivity contribution in [3.8, 4) is 0 Å². The van der Waals surface area contributed by atoms with Crippen LogP contribution in [0.4, 0.5) is 0 Å². The van der Waals surface area contributed by atoms with Crippen LogP contribution in [0.15, 0.2) is 158 Å². The summed E-state index contributed by atoms with van der Waals surface area (Å²) in [5.41, 5.74) is 0. The molecule has 0 amide bonds. The maximum atomic E-state index is 13.1. The number of hydrogen-bond donors (Lipinski definition) is 3. The van der Waals surface area contributed by atoms with Gasteiger partial charge in [0.2, 0.25) is 0 Å². The van der Waals surface area contributed by atoms with Gasteiger partial charge in [-0.15, -0.1) is 0 Å². The number of hydrogen-bond acceptors (Lipinski definition) is 15. The van der Waals surface area contributed by atoms with Crippen LogP contribution < -0.4 is 0 Å². The number of carbonyl (C=O) groups is 4. The Kier molecular flexibility index (Phi) is 75.8. The van der Waals surface area contributed by atoms with E-state index in [-0.39, 0.29) is 25.7 Å². The third-order valence-corrected chi connectivity index (χ3v) is 18.9. The van der Waals surface area contributed by atoms with Crippen LogP contribution >= 0.6 is 15.6 Å². The first-order valence-corrected chi connectivity index (χ1v) is 44.7. The molecule has 0 aromatic carbocycles. The average Bonchev–Trinajstić information content (AvgIpc) is 0.923. The lowest BCUT2D eigenvalue weighted by Gasteiger charge is -2.21. The standard InChI is InChI=1S/C89H148O17P2/c1-5-9-13-17-21-25-29-33-37-39-41-43-47-49-53-57-61-65-69-73-86(91)99-79-84(105-88(93)75-71-67-63-59-55-51-45-35-31-27-23-19-15-11-7-3)81-103-107(95,96)101-77-83(90)78-102-108(97,98)104-82-85(106-89(94)76-72-68-64-60-56-52-46-36-32-28-24-20-16-12-8-4)80-100-87(92)74-70-66-62-58-54-50-48-44-42-40-38-34-30-26-22-18-14-10-6-2/h9,11,13,15,21-23,25-27,33-35,37-38,41-45,49,53,55,59,67,71,83-85,90H,5-8,10,12,14,16-20,24,28-32,36,39-40,46-48,50-52,54,56-58,60-66,68-70,72-82H2,1-4H3,(H,95,96)(H,97,98)/b13-9-,15-11-,25-21-,26-22-,27-23-,37-33-,38-34-,43-41-,44-42-,45-35-,53-49-,59-55-,71-67-. The molecule has 616 valence electrons. The summed E-state index contributed by atoms with van der Waals surface area (Å²) in [6.07, 6.45) is 93.9. The predicted octanol–water partition coefficient (Wildman–Crippen LogP) is 24.8. The van der Waals surface area contributed by atoms with Crippen molar-refractivity contribution in [1.82, 2.24) is 0 Å². The number of aliphatic hydroxyl groups excluding tert-OH is 1. The van der Waals surface area contributed by atoms with Crippen LogP contribution in [-0.2, 0) is 65.4 Å². The molecule has 0 aliphatic carbocycles. The van der Waals surface area contributed by atoms with E-state index in [9.17, 15) is 43.2 Å². The number of unbranched alkanes of at least 4 members (excludes halogenated alkanes) is 26. The first-order chi connectivity index (χ1) is 52.7. The fourth-order valence-electron chi connectivity index (χ4n) is 10.7. The van der Waals surface area contributed by atoms with E-state index in [0.717, 1.165) is 161 Å². The summed E-state index contributed by atoms with van der Waals surface area (Å²) < 4.78 is 68.6. The molecule has 0 aliphatic rings. The van der Waals surface area contributed by atoms with E-state index in [1.54, 1.807) is 12.2 Å². The number of allylic oxidation sites excluding steroid dienone is 25. The number of esters is 4. The lowest BCUT2D eigenvalue weighted by molar-refractivity contribution is -0.161. The van der Waals surface area contributed by atoms with E-state index in [4.69, 9.17) is 37.0 Å². The zero-order valence-electron chi connectivity index (χ0n) is 67.5. The van der Waals surface area contributed by atoms with Gasteiger partial charge in [0, 0.05) is 19.3 Å². The minimum Gasteiger partial charge on any atom is -0.462 e. The Balaban J connectivity index is 5.46. The summed E-state index contributed by atoms with van der Waals surface area (Å²) >= 11 is 0. The fourth-order valence-corrected chi connectivity index (χ4v) is 12.3. The maximum Gasteiger partial charge on any atom is 0.472 e. The van der Waals surface area contributed by atoms with Crippen molar-refractivity contribution >= 4 is 39.5 Å². The second-order valence-corrected chi connectivity index (χ2v) is 30.2. The van der Waals surface area contributed by atoms with Gasteiger partial charge in [-0.25, -0.2) is 9.13 Å². The van der Waals surface area contributed by atoms with Crippen molar-refractivity contribution in [2.75, 3.05) is 39.6 Å². The number of aliphatic hydroxyl groups is 1. The second kappa shape index (κ2) is 79.8. The van der Waals surface area contributed by atoms with Gasteiger partial charge in [0.25, 0.3) is 0 Å². The van der Waals surface area contributed by atoms with E-state index < -0.39 is 97.5 Å². The molecule has 0 saturated heterocycles. The normalized spacial score (nSPS) is 14.6. The minimum absolute atomic E-state index is 0.0883. The number of phosphoric ester groups is 2. The molecule has 0 spiro atoms. The van der Waals surface area contributed by atoms with Crippen LogP contribution in [0, 0.1) is 0 Å². The fraction of sp³-hybridized carbons (Fsp3) is 0.663. The van der Waals surface area contributed by atoms with Gasteiger partial charge >= 0.3 is 39.5 Å². The van der Waals surface area contributed by atoms with Gasteiger partial charge in [0.15, 0.2) is 12.2 Å². The highest BCUT2D eigenvalue weighted by molar-refractivity contribution is 7.47. The summed E-state index contributed by atoms with van der Waals surface area (Å²) in [4.78, 5) is 73.1. The largest absolute Gasteiger partial charge is 0.472 e. The minimum atomic E-state index is -5.02. The number of ether oxygens (including phenoxy) is 4. The van der Waals surface area contributed by atoms with E-state index >= 15 is 0 Å². The molecule has 0 radical (unpaired) electrons. The lowest BCUT2D eigenvalue weighted by atomic mass is 10.0. The molecule has 0 aliphatic heterocycles. The quantitative estimate of drug-likeness (QED) is 0.0169. The van der Waals surface area contributed by atoms with E-state index in [0.29, 0.717) is 25.7 Å². The smallest absolute Gasteiger partial charge is 0.462 e. The van der Waals surface area contributed by atoms with Crippen LogP contribution in [0.1, 0.15) is 323 Å². The molecule has 0 bridgehead atoms. The maximum absolute atomic E-state index is 13.1. The van der Waals surface area contributed by atoms with Gasteiger partial charge in [0.1, 0.15) is 19.3 Å². The highest BCUT2D eigenvalue weighted by atomic mass is 31.2. The van der Waals surface area contributed by atoms with Crippen LogP contribution in [0.3, 0.4) is 0 Å². The molecule has 108 heavy (non-hydrogen) atoms. The van der Waals surface area contributed by atoms with Crippen LogP contribution in [0.5, 0.6) is 0 Å². The Morgan fingerprint density at radius 3 is 0.852 bits per heavy atom.